The Labute approximate surface area is 212 Å². The first-order valence-corrected chi connectivity index (χ1v) is 12.2. The second kappa shape index (κ2) is 10.9. The fourth-order valence-electron chi connectivity index (χ4n) is 3.77. The van der Waals surface area contributed by atoms with Crippen LogP contribution in [0.1, 0.15) is 24.5 Å². The molecule has 0 aromatic heterocycles. The molecule has 1 atom stereocenters. The van der Waals surface area contributed by atoms with Gasteiger partial charge in [0.1, 0.15) is 12.4 Å². The van der Waals surface area contributed by atoms with Gasteiger partial charge in [-0.25, -0.2) is 0 Å². The Morgan fingerprint density at radius 2 is 1.91 bits per heavy atom. The van der Waals surface area contributed by atoms with Crippen LogP contribution in [0.4, 0.5) is 11.4 Å². The van der Waals surface area contributed by atoms with Crippen LogP contribution >= 0.6 is 27.5 Å². The Morgan fingerprint density at radius 3 is 2.65 bits per heavy atom. The van der Waals surface area contributed by atoms with Crippen LogP contribution in [0.2, 0.25) is 5.02 Å². The molecule has 6 nitrogen and oxygen atoms in total. The van der Waals surface area contributed by atoms with Crippen LogP contribution in [-0.2, 0) is 22.6 Å². The van der Waals surface area contributed by atoms with Crippen LogP contribution in [0.5, 0.6) is 5.75 Å². The first-order chi connectivity index (χ1) is 16.4. The maximum absolute atomic E-state index is 12.8. The molecular formula is C26H25BrClN3O3. The Bertz CT molecular complexity index is 1190. The van der Waals surface area contributed by atoms with Crippen LogP contribution in [-0.4, -0.2) is 18.4 Å². The van der Waals surface area contributed by atoms with Gasteiger partial charge >= 0.3 is 0 Å². The molecule has 0 unspecified atom stereocenters. The summed E-state index contributed by atoms with van der Waals surface area (Å²) in [7, 11) is 0. The summed E-state index contributed by atoms with van der Waals surface area (Å²) in [5, 5.41) is 0.627. The fraction of sp³-hybridized carbons (Fsp3) is 0.231. The smallest absolute Gasteiger partial charge is 0.243 e. The van der Waals surface area contributed by atoms with Crippen molar-refractivity contribution < 1.29 is 14.3 Å². The van der Waals surface area contributed by atoms with E-state index in [4.69, 9.17) is 16.3 Å². The van der Waals surface area contributed by atoms with E-state index in [0.29, 0.717) is 23.0 Å². The molecule has 34 heavy (non-hydrogen) atoms. The van der Waals surface area contributed by atoms with Crippen molar-refractivity contribution in [3.8, 4) is 5.75 Å². The lowest BCUT2D eigenvalue weighted by Gasteiger charge is -2.18. The Balaban J connectivity index is 1.38. The molecule has 0 spiro atoms. The van der Waals surface area contributed by atoms with Gasteiger partial charge in [0.2, 0.25) is 11.8 Å². The van der Waals surface area contributed by atoms with Gasteiger partial charge in [0, 0.05) is 33.7 Å². The lowest BCUT2D eigenvalue weighted by atomic mass is 10.1. The molecule has 3 aromatic rings. The van der Waals surface area contributed by atoms with E-state index in [9.17, 15) is 9.59 Å². The number of amides is 2. The predicted molar refractivity (Wildman–Crippen MR) is 138 cm³/mol. The molecule has 1 saturated heterocycles. The predicted octanol–water partition coefficient (Wildman–Crippen LogP) is 5.74. The van der Waals surface area contributed by atoms with E-state index in [2.05, 4.69) is 33.7 Å². The molecule has 3 aromatic carbocycles. The summed E-state index contributed by atoms with van der Waals surface area (Å²) in [6.45, 7) is 2.71. The average molecular weight is 543 g/mol. The van der Waals surface area contributed by atoms with Crippen molar-refractivity contribution in [2.45, 2.75) is 26.4 Å². The number of nitrogens with one attached hydrogen (secondary N) is 2. The topological polar surface area (TPSA) is 70.7 Å². The number of benzene rings is 3. The molecule has 0 saturated carbocycles. The third kappa shape index (κ3) is 5.72. The lowest BCUT2D eigenvalue weighted by molar-refractivity contribution is -0.125. The van der Waals surface area contributed by atoms with Gasteiger partial charge in [-0.15, -0.1) is 0 Å². The highest BCUT2D eigenvalue weighted by atomic mass is 79.9. The summed E-state index contributed by atoms with van der Waals surface area (Å²) in [5.74, 6) is -0.206. The van der Waals surface area contributed by atoms with E-state index in [1.807, 2.05) is 60.7 Å². The standard InChI is InChI=1S/C26H25BrClN3O3/c1-2-17-7-10-21(11-8-17)31-15-19(13-25(31)32)26(33)30-29-23-14-20(27)9-12-24(23)34-16-18-5-3-4-6-22(18)28/h3-12,14,19,29H,2,13,15-16H2,1H3,(H,30,33)/t19-/m0/s1. The molecule has 176 valence electrons. The minimum atomic E-state index is -0.453. The number of nitrogens with zero attached hydrogens (tertiary/aromatic N) is 1. The summed E-state index contributed by atoms with van der Waals surface area (Å²) < 4.78 is 6.77. The third-order valence-electron chi connectivity index (χ3n) is 5.76. The normalized spacial score (nSPS) is 15.3. The quantitative estimate of drug-likeness (QED) is 0.356. The molecule has 2 amide bonds. The molecule has 1 aliphatic heterocycles. The maximum atomic E-state index is 12.8. The third-order valence-corrected chi connectivity index (χ3v) is 6.62. The summed E-state index contributed by atoms with van der Waals surface area (Å²) >= 11 is 9.67. The summed E-state index contributed by atoms with van der Waals surface area (Å²) in [6.07, 6.45) is 1.10. The van der Waals surface area contributed by atoms with Crippen LogP contribution in [0, 0.1) is 5.92 Å². The van der Waals surface area contributed by atoms with E-state index in [0.717, 1.165) is 22.1 Å². The average Bonchev–Trinajstić information content (AvgIpc) is 3.24. The number of anilines is 2. The van der Waals surface area contributed by atoms with Gasteiger partial charge in [-0.2, -0.15) is 0 Å². The number of halogens is 2. The van der Waals surface area contributed by atoms with E-state index in [1.165, 1.54) is 5.56 Å². The number of carbonyl (C=O) groups is 2. The molecule has 1 heterocycles. The zero-order chi connectivity index (χ0) is 24.1. The second-order valence-corrected chi connectivity index (χ2v) is 9.38. The van der Waals surface area contributed by atoms with Gasteiger partial charge < -0.3 is 9.64 Å². The largest absolute Gasteiger partial charge is 0.487 e. The van der Waals surface area contributed by atoms with Crippen molar-refractivity contribution in [3.05, 3.63) is 87.4 Å². The molecule has 1 fully saturated rings. The highest BCUT2D eigenvalue weighted by molar-refractivity contribution is 9.10. The molecule has 2 N–H and O–H groups in total. The Hall–Kier alpha value is -3.03. The Morgan fingerprint density at radius 1 is 1.15 bits per heavy atom. The number of rotatable bonds is 8. The molecule has 4 rings (SSSR count). The zero-order valence-corrected chi connectivity index (χ0v) is 21.0. The van der Waals surface area contributed by atoms with E-state index in [1.54, 1.807) is 11.0 Å². The highest BCUT2D eigenvalue weighted by Gasteiger charge is 2.35. The lowest BCUT2D eigenvalue weighted by Crippen LogP contribution is -2.36. The van der Waals surface area contributed by atoms with Crippen molar-refractivity contribution in [1.82, 2.24) is 5.43 Å². The fourth-order valence-corrected chi connectivity index (χ4v) is 4.32. The van der Waals surface area contributed by atoms with E-state index >= 15 is 0 Å². The SMILES string of the molecule is CCc1ccc(N2C[C@@H](C(=O)NNc3cc(Br)ccc3OCc3ccccc3Cl)CC2=O)cc1. The maximum Gasteiger partial charge on any atom is 0.243 e. The summed E-state index contributed by atoms with van der Waals surface area (Å²) in [5.41, 5.74) is 9.15. The number of aryl methyl sites for hydroxylation is 1. The number of hydrogen-bond donors (Lipinski definition) is 2. The zero-order valence-electron chi connectivity index (χ0n) is 18.7. The van der Waals surface area contributed by atoms with Gasteiger partial charge in [0.15, 0.2) is 0 Å². The summed E-state index contributed by atoms with van der Waals surface area (Å²) in [6, 6.07) is 20.8. The van der Waals surface area contributed by atoms with Crippen LogP contribution in [0.3, 0.4) is 0 Å². The first kappa shape index (κ1) is 24.1. The minimum Gasteiger partial charge on any atom is -0.487 e. The van der Waals surface area contributed by atoms with Crippen molar-refractivity contribution in [2.75, 3.05) is 16.9 Å². The highest BCUT2D eigenvalue weighted by Crippen LogP contribution is 2.30. The van der Waals surface area contributed by atoms with E-state index in [-0.39, 0.29) is 24.8 Å². The molecule has 1 aliphatic rings. The van der Waals surface area contributed by atoms with Gasteiger partial charge in [0.25, 0.3) is 0 Å². The molecule has 0 aliphatic carbocycles. The number of hydrogen-bond acceptors (Lipinski definition) is 4. The second-order valence-electron chi connectivity index (χ2n) is 8.06. The van der Waals surface area contributed by atoms with Gasteiger partial charge in [-0.1, -0.05) is 64.8 Å². The van der Waals surface area contributed by atoms with Crippen LogP contribution in [0.25, 0.3) is 0 Å². The van der Waals surface area contributed by atoms with Crippen molar-refractivity contribution >= 4 is 50.7 Å². The number of hydrazine groups is 1. The van der Waals surface area contributed by atoms with E-state index < -0.39 is 5.92 Å². The molecule has 0 radical (unpaired) electrons. The van der Waals surface area contributed by atoms with Crippen molar-refractivity contribution in [2.24, 2.45) is 5.92 Å². The Kier molecular flexibility index (Phi) is 7.75. The van der Waals surface area contributed by atoms with Crippen molar-refractivity contribution in [3.63, 3.8) is 0 Å². The van der Waals surface area contributed by atoms with Gasteiger partial charge in [0.05, 0.1) is 11.6 Å². The van der Waals surface area contributed by atoms with Crippen LogP contribution in [0.15, 0.2) is 71.2 Å². The molecule has 8 heteroatoms. The number of carbonyl (C=O) groups excluding carboxylic acids is 2. The van der Waals surface area contributed by atoms with Gasteiger partial charge in [-0.05, 0) is 48.4 Å². The van der Waals surface area contributed by atoms with Crippen molar-refractivity contribution in [1.29, 1.82) is 0 Å². The summed E-state index contributed by atoms with van der Waals surface area (Å²) in [4.78, 5) is 27.1. The minimum absolute atomic E-state index is 0.0596. The number of ether oxygens (including phenoxy) is 1. The van der Waals surface area contributed by atoms with Gasteiger partial charge in [-0.3, -0.25) is 20.4 Å². The monoisotopic (exact) mass is 541 g/mol. The molecular weight excluding hydrogens is 518 g/mol. The first-order valence-electron chi connectivity index (χ1n) is 11.1. The molecule has 0 bridgehead atoms. The van der Waals surface area contributed by atoms with Crippen LogP contribution < -0.4 is 20.5 Å².